The maximum Gasteiger partial charge on any atom is 0.263 e. The van der Waals surface area contributed by atoms with Crippen LogP contribution in [0.3, 0.4) is 0 Å². The Morgan fingerprint density at radius 3 is 2.80 bits per heavy atom. The van der Waals surface area contributed by atoms with Crippen LogP contribution in [0.2, 0.25) is 0 Å². The van der Waals surface area contributed by atoms with E-state index in [9.17, 15) is 8.42 Å². The second kappa shape index (κ2) is 5.94. The molecule has 110 valence electrons. The molecule has 0 unspecified atom stereocenters. The van der Waals surface area contributed by atoms with Gasteiger partial charge < -0.3 is 5.32 Å². The minimum atomic E-state index is -3.58. The topological polar surface area (TPSA) is 76.0 Å². The maximum atomic E-state index is 12.5. The van der Waals surface area contributed by atoms with Crippen LogP contribution in [-0.2, 0) is 23.1 Å². The molecular weight excluding hydrogens is 296 g/mol. The lowest BCUT2D eigenvalue weighted by atomic mass is 10.3. The number of aromatic nitrogens is 2. The Balaban J connectivity index is 2.32. The number of aryl methyl sites for hydroxylation is 2. The van der Waals surface area contributed by atoms with Gasteiger partial charge in [-0.3, -0.25) is 9.40 Å². The van der Waals surface area contributed by atoms with Gasteiger partial charge in [-0.25, -0.2) is 8.42 Å². The fourth-order valence-corrected chi connectivity index (χ4v) is 4.78. The zero-order valence-electron chi connectivity index (χ0n) is 11.7. The van der Waals surface area contributed by atoms with Gasteiger partial charge in [0.1, 0.15) is 4.90 Å². The molecule has 0 aliphatic heterocycles. The Bertz CT molecular complexity index is 688. The van der Waals surface area contributed by atoms with Crippen molar-refractivity contribution in [2.24, 2.45) is 0 Å². The summed E-state index contributed by atoms with van der Waals surface area (Å²) in [5, 5.41) is 8.91. The number of anilines is 1. The van der Waals surface area contributed by atoms with Crippen LogP contribution in [0.25, 0.3) is 0 Å². The normalized spacial score (nSPS) is 11.8. The summed E-state index contributed by atoms with van der Waals surface area (Å²) in [6.45, 7) is 4.98. The van der Waals surface area contributed by atoms with Crippen LogP contribution in [0.1, 0.15) is 17.4 Å². The molecule has 20 heavy (non-hydrogen) atoms. The van der Waals surface area contributed by atoms with Gasteiger partial charge in [0.2, 0.25) is 0 Å². The summed E-state index contributed by atoms with van der Waals surface area (Å²) in [5.74, 6) is 0. The summed E-state index contributed by atoms with van der Waals surface area (Å²) >= 11 is 1.45. The van der Waals surface area contributed by atoms with Crippen molar-refractivity contribution in [2.75, 3.05) is 11.8 Å². The predicted molar refractivity (Wildman–Crippen MR) is 80.5 cm³/mol. The van der Waals surface area contributed by atoms with Crippen LogP contribution in [0, 0.1) is 6.92 Å². The van der Waals surface area contributed by atoms with Crippen molar-refractivity contribution in [2.45, 2.75) is 31.8 Å². The Hall–Kier alpha value is -1.38. The minimum absolute atomic E-state index is 0.362. The third-order valence-electron chi connectivity index (χ3n) is 2.80. The van der Waals surface area contributed by atoms with Gasteiger partial charge in [-0.05, 0) is 31.8 Å². The highest BCUT2D eigenvalue weighted by Gasteiger charge is 2.23. The van der Waals surface area contributed by atoms with Gasteiger partial charge >= 0.3 is 0 Å². The molecule has 2 rings (SSSR count). The van der Waals surface area contributed by atoms with Crippen molar-refractivity contribution in [1.29, 1.82) is 0 Å². The number of sulfonamides is 1. The van der Waals surface area contributed by atoms with Crippen LogP contribution in [0.4, 0.5) is 5.69 Å². The molecular formula is C12H18N4O2S2. The summed E-state index contributed by atoms with van der Waals surface area (Å²) in [5.41, 5.74) is 1.24. The Kier molecular flexibility index (Phi) is 4.46. The van der Waals surface area contributed by atoms with E-state index in [-0.39, 0.29) is 0 Å². The molecule has 0 aromatic carbocycles. The number of nitrogens with zero attached hydrogens (tertiary/aromatic N) is 2. The Labute approximate surface area is 122 Å². The largest absolute Gasteiger partial charge is 0.315 e. The number of hydrogen-bond acceptors (Lipinski definition) is 5. The van der Waals surface area contributed by atoms with Crippen molar-refractivity contribution in [1.82, 2.24) is 15.1 Å². The molecule has 0 radical (unpaired) electrons. The van der Waals surface area contributed by atoms with E-state index in [1.54, 1.807) is 24.9 Å². The first-order chi connectivity index (χ1) is 9.47. The first kappa shape index (κ1) is 15.0. The van der Waals surface area contributed by atoms with Crippen LogP contribution < -0.4 is 10.0 Å². The number of rotatable bonds is 6. The molecule has 2 N–H and O–H groups in total. The quantitative estimate of drug-likeness (QED) is 0.852. The lowest BCUT2D eigenvalue weighted by Crippen LogP contribution is -2.16. The molecule has 0 saturated carbocycles. The van der Waals surface area contributed by atoms with Crippen LogP contribution in [0.5, 0.6) is 0 Å². The fraction of sp³-hybridized carbons (Fsp3) is 0.417. The Morgan fingerprint density at radius 2 is 2.20 bits per heavy atom. The van der Waals surface area contributed by atoms with Gasteiger partial charge in [-0.15, -0.1) is 11.3 Å². The molecule has 0 bridgehead atoms. The summed E-state index contributed by atoms with van der Waals surface area (Å²) in [6, 6.07) is 0. The molecule has 2 aromatic heterocycles. The molecule has 2 aromatic rings. The van der Waals surface area contributed by atoms with E-state index in [1.165, 1.54) is 17.5 Å². The molecule has 0 spiro atoms. The van der Waals surface area contributed by atoms with Crippen molar-refractivity contribution in [3.63, 3.8) is 0 Å². The van der Waals surface area contributed by atoms with Gasteiger partial charge in [0.25, 0.3) is 10.0 Å². The van der Waals surface area contributed by atoms with E-state index in [4.69, 9.17) is 0 Å². The summed E-state index contributed by atoms with van der Waals surface area (Å²) < 4.78 is 29.3. The second-order valence-corrected chi connectivity index (χ2v) is 6.97. The van der Waals surface area contributed by atoms with Crippen molar-refractivity contribution >= 4 is 27.0 Å². The van der Waals surface area contributed by atoms with E-state index >= 15 is 0 Å². The van der Waals surface area contributed by atoms with E-state index in [2.05, 4.69) is 15.1 Å². The number of hydrogen-bond donors (Lipinski definition) is 2. The van der Waals surface area contributed by atoms with Gasteiger partial charge in [0.15, 0.2) is 0 Å². The molecule has 6 nitrogen and oxygen atoms in total. The van der Waals surface area contributed by atoms with Gasteiger partial charge in [0, 0.05) is 24.2 Å². The highest BCUT2D eigenvalue weighted by atomic mass is 32.2. The third-order valence-corrected chi connectivity index (χ3v) is 5.65. The monoisotopic (exact) mass is 314 g/mol. The number of nitrogens with one attached hydrogen (secondary N) is 2. The molecule has 0 aliphatic carbocycles. The number of thiophene rings is 1. The molecule has 8 heteroatoms. The summed E-state index contributed by atoms with van der Waals surface area (Å²) in [6.07, 6.45) is 3.19. The fourth-order valence-electron chi connectivity index (χ4n) is 1.93. The molecule has 0 atom stereocenters. The third kappa shape index (κ3) is 3.02. The van der Waals surface area contributed by atoms with E-state index in [0.29, 0.717) is 23.7 Å². The van der Waals surface area contributed by atoms with Gasteiger partial charge in [0.05, 0.1) is 11.9 Å². The smallest absolute Gasteiger partial charge is 0.263 e. The minimum Gasteiger partial charge on any atom is -0.315 e. The zero-order valence-corrected chi connectivity index (χ0v) is 13.3. The summed E-state index contributed by atoms with van der Waals surface area (Å²) in [7, 11) is -1.79. The van der Waals surface area contributed by atoms with Gasteiger partial charge in [-0.2, -0.15) is 5.10 Å². The van der Waals surface area contributed by atoms with Crippen molar-refractivity contribution in [3.8, 4) is 0 Å². The zero-order chi connectivity index (χ0) is 14.8. The van der Waals surface area contributed by atoms with Crippen LogP contribution in [0.15, 0.2) is 22.7 Å². The van der Waals surface area contributed by atoms with E-state index in [1.807, 2.05) is 12.3 Å². The van der Waals surface area contributed by atoms with Gasteiger partial charge in [-0.1, -0.05) is 0 Å². The average molecular weight is 314 g/mol. The average Bonchev–Trinajstić information content (AvgIpc) is 2.96. The SMILES string of the molecule is CCn1cc(NS(=O)(=O)c2c(C)csc2CNC)cn1. The van der Waals surface area contributed by atoms with E-state index < -0.39 is 10.0 Å². The highest BCUT2D eigenvalue weighted by molar-refractivity contribution is 7.93. The Morgan fingerprint density at radius 1 is 1.45 bits per heavy atom. The summed E-state index contributed by atoms with van der Waals surface area (Å²) in [4.78, 5) is 1.17. The van der Waals surface area contributed by atoms with Crippen LogP contribution in [-0.4, -0.2) is 25.2 Å². The first-order valence-electron chi connectivity index (χ1n) is 6.24. The van der Waals surface area contributed by atoms with E-state index in [0.717, 1.165) is 10.4 Å². The lowest BCUT2D eigenvalue weighted by Gasteiger charge is -2.08. The van der Waals surface area contributed by atoms with Crippen LogP contribution >= 0.6 is 11.3 Å². The molecule has 2 heterocycles. The molecule has 0 amide bonds. The lowest BCUT2D eigenvalue weighted by molar-refractivity contribution is 0.599. The predicted octanol–water partition coefficient (Wildman–Crippen LogP) is 1.79. The highest BCUT2D eigenvalue weighted by Crippen LogP contribution is 2.28. The molecule has 0 fully saturated rings. The second-order valence-electron chi connectivity index (χ2n) is 4.39. The molecule has 0 saturated heterocycles. The van der Waals surface area contributed by atoms with Crippen molar-refractivity contribution < 1.29 is 8.42 Å². The molecule has 0 aliphatic rings. The maximum absolute atomic E-state index is 12.5. The van der Waals surface area contributed by atoms with Crippen molar-refractivity contribution in [3.05, 3.63) is 28.2 Å². The standard InChI is InChI=1S/C12H18N4O2S2/c1-4-16-7-10(5-14-16)15-20(17,18)12-9(2)8-19-11(12)6-13-3/h5,7-8,13,15H,4,6H2,1-3H3. The first-order valence-corrected chi connectivity index (χ1v) is 8.61.